The van der Waals surface area contributed by atoms with E-state index in [1.54, 1.807) is 24.3 Å². The molecule has 0 spiro atoms. The van der Waals surface area contributed by atoms with Crippen LogP contribution in [0.15, 0.2) is 36.7 Å². The summed E-state index contributed by atoms with van der Waals surface area (Å²) in [6, 6.07) is 7.80. The third kappa shape index (κ3) is 3.85. The van der Waals surface area contributed by atoms with Crippen molar-refractivity contribution in [1.29, 1.82) is 0 Å². The molecule has 0 aliphatic heterocycles. The lowest BCUT2D eigenvalue weighted by molar-refractivity contribution is -0.132. The number of carbonyl (C=O) groups excluding carboxylic acids is 1. The lowest BCUT2D eigenvalue weighted by Gasteiger charge is -2.16. The number of nitrogens with zero attached hydrogens (tertiary/aromatic N) is 2. The van der Waals surface area contributed by atoms with E-state index in [-0.39, 0.29) is 12.5 Å². The molecular weight excluding hydrogens is 254 g/mol. The van der Waals surface area contributed by atoms with Crippen LogP contribution in [0.1, 0.15) is 18.1 Å². The Bertz CT molecular complexity index is 552. The van der Waals surface area contributed by atoms with Gasteiger partial charge in [0.1, 0.15) is 5.75 Å². The second-order valence-electron chi connectivity index (χ2n) is 4.65. The number of aromatic nitrogens is 2. The number of carbonyl (C=O) groups is 1. The lowest BCUT2D eigenvalue weighted by Crippen LogP contribution is -2.30. The molecule has 1 amide bonds. The average Bonchev–Trinajstić information content (AvgIpc) is 2.97. The maximum Gasteiger partial charge on any atom is 0.260 e. The molecule has 5 nitrogen and oxygen atoms in total. The number of rotatable bonds is 6. The van der Waals surface area contributed by atoms with Crippen LogP contribution in [0.5, 0.6) is 5.75 Å². The largest absolute Gasteiger partial charge is 0.484 e. The quantitative estimate of drug-likeness (QED) is 0.876. The fraction of sp³-hybridized carbons (Fsp3) is 0.333. The predicted molar refractivity (Wildman–Crippen MR) is 76.4 cm³/mol. The number of nitrogens with one attached hydrogen (secondary N) is 1. The molecule has 5 heteroatoms. The van der Waals surface area contributed by atoms with Gasteiger partial charge >= 0.3 is 0 Å². The van der Waals surface area contributed by atoms with Crippen LogP contribution < -0.4 is 4.74 Å². The second kappa shape index (κ2) is 6.75. The van der Waals surface area contributed by atoms with Gasteiger partial charge in [0.05, 0.1) is 6.20 Å². The summed E-state index contributed by atoms with van der Waals surface area (Å²) in [4.78, 5) is 13.6. The number of hydrogen-bond acceptors (Lipinski definition) is 3. The van der Waals surface area contributed by atoms with Gasteiger partial charge in [-0.3, -0.25) is 9.89 Å². The number of likely N-dealkylation sites (N-methyl/N-ethyl adjacent to an activating group) is 1. The van der Waals surface area contributed by atoms with Gasteiger partial charge in [-0.15, -0.1) is 0 Å². The molecule has 1 heterocycles. The normalized spacial score (nSPS) is 10.3. The van der Waals surface area contributed by atoms with Gasteiger partial charge in [-0.05, 0) is 24.1 Å². The number of H-pyrrole nitrogens is 1. The van der Waals surface area contributed by atoms with Crippen molar-refractivity contribution >= 4 is 5.91 Å². The first-order chi connectivity index (χ1) is 9.69. The van der Waals surface area contributed by atoms with Crippen LogP contribution in [-0.4, -0.2) is 34.7 Å². The van der Waals surface area contributed by atoms with E-state index in [0.717, 1.165) is 17.7 Å². The Morgan fingerprint density at radius 3 is 2.95 bits per heavy atom. The number of aryl methyl sites for hydroxylation is 1. The first-order valence-corrected chi connectivity index (χ1v) is 6.62. The third-order valence-electron chi connectivity index (χ3n) is 3.07. The van der Waals surface area contributed by atoms with E-state index in [0.29, 0.717) is 6.54 Å². The summed E-state index contributed by atoms with van der Waals surface area (Å²) < 4.78 is 5.54. The van der Waals surface area contributed by atoms with Crippen molar-refractivity contribution in [3.05, 3.63) is 47.8 Å². The highest BCUT2D eigenvalue weighted by Gasteiger charge is 2.10. The maximum absolute atomic E-state index is 12.0. The van der Waals surface area contributed by atoms with E-state index in [9.17, 15) is 4.79 Å². The van der Waals surface area contributed by atoms with Crippen molar-refractivity contribution in [3.8, 4) is 5.75 Å². The SMILES string of the molecule is CCc1cccc(OCC(=O)N(C)Cc2cn[nH]c2)c1. The molecule has 0 fully saturated rings. The van der Waals surface area contributed by atoms with E-state index in [4.69, 9.17) is 4.74 Å². The van der Waals surface area contributed by atoms with Crippen molar-refractivity contribution in [3.63, 3.8) is 0 Å². The van der Waals surface area contributed by atoms with Crippen LogP contribution in [-0.2, 0) is 17.8 Å². The summed E-state index contributed by atoms with van der Waals surface area (Å²) >= 11 is 0. The van der Waals surface area contributed by atoms with E-state index in [1.165, 1.54) is 5.56 Å². The molecule has 20 heavy (non-hydrogen) atoms. The first kappa shape index (κ1) is 14.1. The van der Waals surface area contributed by atoms with E-state index in [2.05, 4.69) is 17.1 Å². The molecule has 0 saturated carbocycles. The molecule has 0 saturated heterocycles. The molecular formula is C15H19N3O2. The minimum Gasteiger partial charge on any atom is -0.484 e. The second-order valence-corrected chi connectivity index (χ2v) is 4.65. The van der Waals surface area contributed by atoms with Crippen molar-refractivity contribution in [2.24, 2.45) is 0 Å². The smallest absolute Gasteiger partial charge is 0.260 e. The zero-order valence-corrected chi connectivity index (χ0v) is 11.8. The Balaban J connectivity index is 1.84. The van der Waals surface area contributed by atoms with Crippen molar-refractivity contribution in [2.75, 3.05) is 13.7 Å². The van der Waals surface area contributed by atoms with Crippen LogP contribution in [0.4, 0.5) is 0 Å². The highest BCUT2D eigenvalue weighted by Crippen LogP contribution is 2.13. The summed E-state index contributed by atoms with van der Waals surface area (Å²) in [5, 5.41) is 6.58. The molecule has 1 aromatic carbocycles. The Labute approximate surface area is 118 Å². The van der Waals surface area contributed by atoms with E-state index < -0.39 is 0 Å². The molecule has 2 aromatic rings. The Morgan fingerprint density at radius 2 is 2.25 bits per heavy atom. The Morgan fingerprint density at radius 1 is 1.40 bits per heavy atom. The molecule has 2 rings (SSSR count). The number of benzene rings is 1. The van der Waals surface area contributed by atoms with Gasteiger partial charge in [0.25, 0.3) is 5.91 Å². The van der Waals surface area contributed by atoms with Crippen LogP contribution >= 0.6 is 0 Å². The third-order valence-corrected chi connectivity index (χ3v) is 3.07. The van der Waals surface area contributed by atoms with Crippen molar-refractivity contribution in [2.45, 2.75) is 19.9 Å². The van der Waals surface area contributed by atoms with Gasteiger partial charge < -0.3 is 9.64 Å². The number of hydrogen-bond donors (Lipinski definition) is 1. The van der Waals surface area contributed by atoms with Gasteiger partial charge in [-0.2, -0.15) is 5.10 Å². The standard InChI is InChI=1S/C15H19N3O2/c1-3-12-5-4-6-14(7-12)20-11-15(19)18(2)10-13-8-16-17-9-13/h4-9H,3,10-11H2,1-2H3,(H,16,17). The topological polar surface area (TPSA) is 58.2 Å². The molecule has 0 atom stereocenters. The average molecular weight is 273 g/mol. The van der Waals surface area contributed by atoms with Crippen LogP contribution in [0.3, 0.4) is 0 Å². The zero-order valence-electron chi connectivity index (χ0n) is 11.8. The van der Waals surface area contributed by atoms with Crippen LogP contribution in [0, 0.1) is 0 Å². The molecule has 1 N–H and O–H groups in total. The molecule has 0 radical (unpaired) electrons. The van der Waals surface area contributed by atoms with E-state index >= 15 is 0 Å². The molecule has 106 valence electrons. The van der Waals surface area contributed by atoms with Crippen LogP contribution in [0.25, 0.3) is 0 Å². The highest BCUT2D eigenvalue weighted by atomic mass is 16.5. The van der Waals surface area contributed by atoms with Crippen molar-refractivity contribution < 1.29 is 9.53 Å². The highest BCUT2D eigenvalue weighted by molar-refractivity contribution is 5.77. The summed E-state index contributed by atoms with van der Waals surface area (Å²) in [5.41, 5.74) is 2.16. The predicted octanol–water partition coefficient (Wildman–Crippen LogP) is 2.01. The number of aromatic amines is 1. The molecule has 0 aliphatic carbocycles. The van der Waals surface area contributed by atoms with Gasteiger partial charge in [-0.1, -0.05) is 19.1 Å². The summed E-state index contributed by atoms with van der Waals surface area (Å²) in [5.74, 6) is 0.669. The fourth-order valence-electron chi connectivity index (χ4n) is 1.84. The van der Waals surface area contributed by atoms with E-state index in [1.807, 2.05) is 24.3 Å². The zero-order chi connectivity index (χ0) is 14.4. The Kier molecular flexibility index (Phi) is 4.76. The summed E-state index contributed by atoms with van der Waals surface area (Å²) in [6.45, 7) is 2.65. The van der Waals surface area contributed by atoms with Gasteiger partial charge in [-0.25, -0.2) is 0 Å². The van der Waals surface area contributed by atoms with Crippen molar-refractivity contribution in [1.82, 2.24) is 15.1 Å². The van der Waals surface area contributed by atoms with Crippen LogP contribution in [0.2, 0.25) is 0 Å². The number of amides is 1. The molecule has 1 aromatic heterocycles. The monoisotopic (exact) mass is 273 g/mol. The fourth-order valence-corrected chi connectivity index (χ4v) is 1.84. The number of ether oxygens (including phenoxy) is 1. The van der Waals surface area contributed by atoms with Gasteiger partial charge in [0.2, 0.25) is 0 Å². The van der Waals surface area contributed by atoms with Gasteiger partial charge in [0.15, 0.2) is 6.61 Å². The maximum atomic E-state index is 12.0. The minimum absolute atomic E-state index is 0.0432. The molecule has 0 bridgehead atoms. The molecule has 0 unspecified atom stereocenters. The summed E-state index contributed by atoms with van der Waals surface area (Å²) in [6.07, 6.45) is 4.43. The Hall–Kier alpha value is -2.30. The minimum atomic E-state index is -0.0619. The van der Waals surface area contributed by atoms with Gasteiger partial charge in [0, 0.05) is 25.4 Å². The first-order valence-electron chi connectivity index (χ1n) is 6.62. The molecule has 0 aliphatic rings. The lowest BCUT2D eigenvalue weighted by atomic mass is 10.2. The summed E-state index contributed by atoms with van der Waals surface area (Å²) in [7, 11) is 1.75.